The van der Waals surface area contributed by atoms with Gasteiger partial charge in [0.25, 0.3) is 0 Å². The summed E-state index contributed by atoms with van der Waals surface area (Å²) >= 11 is 7.13. The van der Waals surface area contributed by atoms with E-state index in [0.717, 1.165) is 35.3 Å². The van der Waals surface area contributed by atoms with Crippen LogP contribution < -0.4 is 0 Å². The van der Waals surface area contributed by atoms with E-state index < -0.39 is 0 Å². The van der Waals surface area contributed by atoms with Crippen molar-refractivity contribution in [2.24, 2.45) is 0 Å². The third kappa shape index (κ3) is 10.9. The Morgan fingerprint density at radius 1 is 1.58 bits per heavy atom. The molecule has 0 aromatic carbocycles. The molecule has 0 fully saturated rings. The van der Waals surface area contributed by atoms with Gasteiger partial charge in [0.15, 0.2) is 0 Å². The molecular weight excluding hydrogens is 300 g/mol. The summed E-state index contributed by atoms with van der Waals surface area (Å²) in [7, 11) is 1.10. The fraction of sp³-hybridized carbons (Fsp3) is 0.750. The Bertz CT molecular complexity index is 142. The van der Waals surface area contributed by atoms with Gasteiger partial charge in [-0.25, -0.2) is 0 Å². The zero-order chi connectivity index (χ0) is 9.61. The summed E-state index contributed by atoms with van der Waals surface area (Å²) in [6.45, 7) is 7.26. The Kier molecular flexibility index (Phi) is 6.81. The summed E-state index contributed by atoms with van der Waals surface area (Å²) in [4.78, 5) is 0. The lowest BCUT2D eigenvalue weighted by Crippen LogP contribution is -2.11. The number of ether oxygens (including phenoxy) is 1. The molecule has 0 aliphatic carbocycles. The summed E-state index contributed by atoms with van der Waals surface area (Å²) in [6.07, 6.45) is 2.21. The Morgan fingerprint density at radius 2 is 2.17 bits per heavy atom. The fourth-order valence-electron chi connectivity index (χ4n) is 0.731. The van der Waals surface area contributed by atoms with Gasteiger partial charge in [0.05, 0.1) is 9.46 Å². The third-order valence-electron chi connectivity index (χ3n) is 1.25. The van der Waals surface area contributed by atoms with Crippen LogP contribution in [0.15, 0.2) is 12.2 Å². The molecule has 0 amide bonds. The Morgan fingerprint density at radius 3 is 2.58 bits per heavy atom. The summed E-state index contributed by atoms with van der Waals surface area (Å²) in [5.74, 6) is 0. The Hall–Kier alpha value is 0.877. The molecule has 0 atom stereocenters. The molecule has 0 aliphatic rings. The summed E-state index contributed by atoms with van der Waals surface area (Å²) in [6, 6.07) is 0. The smallest absolute Gasteiger partial charge is 0.0671 e. The highest BCUT2D eigenvalue weighted by Crippen LogP contribution is 2.26. The maximum Gasteiger partial charge on any atom is 0.0671 e. The average Bonchev–Trinajstić information content (AvgIpc) is 1.83. The van der Waals surface area contributed by atoms with E-state index in [2.05, 4.69) is 38.4 Å². The molecule has 0 rings (SSSR count). The van der Waals surface area contributed by atoms with Crippen molar-refractivity contribution < 1.29 is 4.74 Å². The predicted molar refractivity (Wildman–Crippen MR) is 65.4 cm³/mol. The van der Waals surface area contributed by atoms with Gasteiger partial charge in [0.2, 0.25) is 0 Å². The van der Waals surface area contributed by atoms with Gasteiger partial charge in [-0.15, -0.1) is 0 Å². The quantitative estimate of drug-likeness (QED) is 0.316. The molecule has 72 valence electrons. The maximum absolute atomic E-state index is 5.36. The molecule has 0 aromatic heterocycles. The molecule has 4 heteroatoms. The largest absolute Gasteiger partial charge is 0.377 e. The Balaban J connectivity index is 3.17. The molecule has 0 heterocycles. The summed E-state index contributed by atoms with van der Waals surface area (Å²) in [5, 5.41) is 0. The van der Waals surface area contributed by atoms with E-state index in [0.29, 0.717) is 6.61 Å². The van der Waals surface area contributed by atoms with Crippen molar-refractivity contribution in [3.63, 3.8) is 0 Å². The van der Waals surface area contributed by atoms with Gasteiger partial charge in [-0.2, -0.15) is 0 Å². The number of hydrogen-bond donors (Lipinski definition) is 0. The van der Waals surface area contributed by atoms with Gasteiger partial charge in [0, 0.05) is 16.8 Å². The molecule has 0 aromatic rings. The first-order chi connectivity index (χ1) is 5.42. The molecule has 0 N–H and O–H groups in total. The highest BCUT2D eigenvalue weighted by atomic mass is 79.9. The van der Waals surface area contributed by atoms with E-state index in [-0.39, 0.29) is 2.86 Å². The number of halogens is 2. The van der Waals surface area contributed by atoms with Crippen LogP contribution in [0.5, 0.6) is 0 Å². The number of hydrogen-bond acceptors (Lipinski definition) is 1. The second-order valence-electron chi connectivity index (χ2n) is 3.18. The molecule has 0 unspecified atom stereocenters. The molecule has 12 heavy (non-hydrogen) atoms. The van der Waals surface area contributed by atoms with Crippen LogP contribution in [0.3, 0.4) is 0 Å². The van der Waals surface area contributed by atoms with Crippen molar-refractivity contribution >= 4 is 42.1 Å². The first-order valence-electron chi connectivity index (χ1n) is 4.02. The molecule has 0 saturated heterocycles. The van der Waals surface area contributed by atoms with E-state index in [1.54, 1.807) is 0 Å². The zero-order valence-corrected chi connectivity index (χ0v) is 12.9. The van der Waals surface area contributed by atoms with Crippen LogP contribution in [0.4, 0.5) is 0 Å². The van der Waals surface area contributed by atoms with Crippen LogP contribution in [0, 0.1) is 0 Å². The van der Waals surface area contributed by atoms with Crippen LogP contribution in [0.2, 0.25) is 0 Å². The van der Waals surface area contributed by atoms with Crippen LogP contribution in [0.1, 0.15) is 19.8 Å². The van der Waals surface area contributed by atoms with Crippen molar-refractivity contribution in [3.8, 4) is 0 Å². The lowest BCUT2D eigenvalue weighted by Gasteiger charge is -2.13. The lowest BCUT2D eigenvalue weighted by molar-refractivity contribution is 0.152. The standard InChI is InChI=1S/C8H16Br2OSi/c1-7(2)6-11-5-3-4-8(9,10)12/h1,3-6H2,2,12H3. The molecule has 0 spiro atoms. The van der Waals surface area contributed by atoms with E-state index in [4.69, 9.17) is 4.74 Å². The normalized spacial score (nSPS) is 11.9. The van der Waals surface area contributed by atoms with Gasteiger partial charge in [0.1, 0.15) is 0 Å². The highest BCUT2D eigenvalue weighted by molar-refractivity contribution is 9.26. The van der Waals surface area contributed by atoms with Crippen molar-refractivity contribution in [1.29, 1.82) is 0 Å². The van der Waals surface area contributed by atoms with Gasteiger partial charge in [-0.05, 0) is 19.8 Å². The molecule has 0 bridgehead atoms. The molecule has 0 aliphatic heterocycles. The topological polar surface area (TPSA) is 9.23 Å². The third-order valence-corrected chi connectivity index (χ3v) is 2.55. The first kappa shape index (κ1) is 12.9. The maximum atomic E-state index is 5.36. The molecule has 1 nitrogen and oxygen atoms in total. The van der Waals surface area contributed by atoms with Gasteiger partial charge in [-0.1, -0.05) is 44.0 Å². The van der Waals surface area contributed by atoms with Gasteiger partial charge >= 0.3 is 0 Å². The van der Waals surface area contributed by atoms with E-state index in [1.165, 1.54) is 0 Å². The lowest BCUT2D eigenvalue weighted by atomic mass is 10.3. The van der Waals surface area contributed by atoms with Crippen LogP contribution in [0.25, 0.3) is 0 Å². The fourth-order valence-corrected chi connectivity index (χ4v) is 1.65. The zero-order valence-electron chi connectivity index (χ0n) is 7.70. The SMILES string of the molecule is C=C(C)COCCCC([SiH3])(Br)Br. The molecule has 0 saturated carbocycles. The average molecular weight is 316 g/mol. The van der Waals surface area contributed by atoms with E-state index >= 15 is 0 Å². The second kappa shape index (κ2) is 6.35. The van der Waals surface area contributed by atoms with Gasteiger partial charge in [-0.3, -0.25) is 0 Å². The van der Waals surface area contributed by atoms with Crippen molar-refractivity contribution in [1.82, 2.24) is 0 Å². The minimum atomic E-state index is 0.201. The van der Waals surface area contributed by atoms with Crippen LogP contribution in [-0.4, -0.2) is 26.3 Å². The summed E-state index contributed by atoms with van der Waals surface area (Å²) < 4.78 is 5.57. The van der Waals surface area contributed by atoms with Crippen molar-refractivity contribution in [2.45, 2.75) is 22.6 Å². The van der Waals surface area contributed by atoms with E-state index in [1.807, 2.05) is 6.92 Å². The Labute approximate surface area is 94.6 Å². The van der Waals surface area contributed by atoms with Crippen LogP contribution in [-0.2, 0) is 4.74 Å². The number of rotatable bonds is 6. The van der Waals surface area contributed by atoms with E-state index in [9.17, 15) is 0 Å². The second-order valence-corrected chi connectivity index (χ2v) is 12.4. The van der Waals surface area contributed by atoms with Crippen molar-refractivity contribution in [3.05, 3.63) is 12.2 Å². The summed E-state index contributed by atoms with van der Waals surface area (Å²) in [5.41, 5.74) is 1.09. The number of alkyl halides is 2. The monoisotopic (exact) mass is 314 g/mol. The minimum absolute atomic E-state index is 0.201. The first-order valence-corrected chi connectivity index (χ1v) is 6.60. The minimum Gasteiger partial charge on any atom is -0.377 e. The molecule has 0 radical (unpaired) electrons. The van der Waals surface area contributed by atoms with Crippen LogP contribution >= 0.6 is 31.9 Å². The van der Waals surface area contributed by atoms with Crippen molar-refractivity contribution in [2.75, 3.05) is 13.2 Å². The molecular formula is C8H16Br2OSi. The highest BCUT2D eigenvalue weighted by Gasteiger charge is 2.13. The predicted octanol–water partition coefficient (Wildman–Crippen LogP) is 2.17. The van der Waals surface area contributed by atoms with Gasteiger partial charge < -0.3 is 4.74 Å².